The molecular formula is C12H14ClFN2. The molecule has 1 heterocycles. The Morgan fingerprint density at radius 1 is 1.44 bits per heavy atom. The van der Waals surface area contributed by atoms with Crippen molar-refractivity contribution in [1.82, 2.24) is 5.32 Å². The molecule has 0 spiro atoms. The van der Waals surface area contributed by atoms with Gasteiger partial charge in [0, 0.05) is 23.0 Å². The molecule has 4 heteroatoms. The van der Waals surface area contributed by atoms with Crippen molar-refractivity contribution in [2.75, 3.05) is 11.9 Å². The largest absolute Gasteiger partial charge is 0.387 e. The Kier molecular flexibility index (Phi) is 3.34. The van der Waals surface area contributed by atoms with Crippen LogP contribution in [0.1, 0.15) is 12.8 Å². The molecule has 1 aromatic rings. The van der Waals surface area contributed by atoms with Crippen LogP contribution in [0.3, 0.4) is 0 Å². The van der Waals surface area contributed by atoms with Gasteiger partial charge in [0.05, 0.1) is 6.04 Å². The van der Waals surface area contributed by atoms with Crippen LogP contribution in [0.25, 0.3) is 0 Å². The van der Waals surface area contributed by atoms with E-state index >= 15 is 0 Å². The second-order valence-electron chi connectivity index (χ2n) is 3.95. The summed E-state index contributed by atoms with van der Waals surface area (Å²) in [5.74, 6) is -0.329. The van der Waals surface area contributed by atoms with Crippen LogP contribution in [0.15, 0.2) is 30.5 Å². The van der Waals surface area contributed by atoms with E-state index in [-0.39, 0.29) is 11.9 Å². The normalized spacial score (nSPS) is 20.4. The molecular weight excluding hydrogens is 227 g/mol. The van der Waals surface area contributed by atoms with Crippen LogP contribution >= 0.6 is 11.6 Å². The van der Waals surface area contributed by atoms with E-state index in [0.717, 1.165) is 25.1 Å². The van der Waals surface area contributed by atoms with Crippen LogP contribution in [-0.4, -0.2) is 12.6 Å². The van der Waals surface area contributed by atoms with Gasteiger partial charge in [-0.2, -0.15) is 0 Å². The van der Waals surface area contributed by atoms with E-state index in [9.17, 15) is 4.39 Å². The highest BCUT2D eigenvalue weighted by Gasteiger charge is 2.16. The summed E-state index contributed by atoms with van der Waals surface area (Å²) in [4.78, 5) is 0. The Morgan fingerprint density at radius 3 is 2.94 bits per heavy atom. The topological polar surface area (TPSA) is 24.1 Å². The third-order valence-electron chi connectivity index (χ3n) is 2.65. The van der Waals surface area contributed by atoms with Gasteiger partial charge in [0.1, 0.15) is 5.82 Å². The van der Waals surface area contributed by atoms with Crippen molar-refractivity contribution in [3.05, 3.63) is 41.3 Å². The quantitative estimate of drug-likeness (QED) is 0.830. The molecule has 0 bridgehead atoms. The summed E-state index contributed by atoms with van der Waals surface area (Å²) in [6.45, 7) is 4.90. The van der Waals surface area contributed by atoms with E-state index in [1.807, 2.05) is 0 Å². The molecule has 2 nitrogen and oxygen atoms in total. The van der Waals surface area contributed by atoms with Gasteiger partial charge in [0.15, 0.2) is 0 Å². The van der Waals surface area contributed by atoms with Crippen LogP contribution < -0.4 is 10.6 Å². The van der Waals surface area contributed by atoms with Crippen LogP contribution in [0.4, 0.5) is 10.1 Å². The van der Waals surface area contributed by atoms with Gasteiger partial charge in [-0.05, 0) is 31.0 Å². The van der Waals surface area contributed by atoms with E-state index in [1.54, 1.807) is 6.07 Å². The first-order valence-corrected chi connectivity index (χ1v) is 5.68. The van der Waals surface area contributed by atoms with E-state index in [0.29, 0.717) is 10.7 Å². The van der Waals surface area contributed by atoms with Crippen LogP contribution in [0, 0.1) is 5.82 Å². The van der Waals surface area contributed by atoms with Crippen molar-refractivity contribution < 1.29 is 4.39 Å². The first kappa shape index (κ1) is 11.3. The van der Waals surface area contributed by atoms with E-state index < -0.39 is 0 Å². The number of halogens is 2. The van der Waals surface area contributed by atoms with Gasteiger partial charge in [0.25, 0.3) is 0 Å². The zero-order chi connectivity index (χ0) is 11.5. The monoisotopic (exact) mass is 240 g/mol. The Bertz CT molecular complexity index is 386. The number of benzene rings is 1. The van der Waals surface area contributed by atoms with Crippen molar-refractivity contribution in [2.24, 2.45) is 0 Å². The fourth-order valence-corrected chi connectivity index (χ4v) is 2.07. The number of piperidine rings is 1. The van der Waals surface area contributed by atoms with Crippen molar-refractivity contribution >= 4 is 17.3 Å². The van der Waals surface area contributed by atoms with Crippen LogP contribution in [0.5, 0.6) is 0 Å². The molecule has 0 radical (unpaired) electrons. The first-order valence-electron chi connectivity index (χ1n) is 5.30. The highest BCUT2D eigenvalue weighted by Crippen LogP contribution is 2.21. The molecule has 1 aliphatic rings. The predicted octanol–water partition coefficient (Wildman–Crippen LogP) is 3.16. The van der Waals surface area contributed by atoms with Gasteiger partial charge in [0.2, 0.25) is 0 Å². The standard InChI is InChI=1S/C12H14ClFN2/c1-8-12(3-2-4-15-8)16-11-6-9(13)5-10(14)7-11/h5-7,12,15-16H,1-4H2/t12-/m1/s1. The smallest absolute Gasteiger partial charge is 0.126 e. The molecule has 2 N–H and O–H groups in total. The Hall–Kier alpha value is -1.22. The first-order chi connectivity index (χ1) is 7.65. The van der Waals surface area contributed by atoms with E-state index in [1.165, 1.54) is 12.1 Å². The third-order valence-corrected chi connectivity index (χ3v) is 2.86. The van der Waals surface area contributed by atoms with Crippen molar-refractivity contribution in [1.29, 1.82) is 0 Å². The minimum absolute atomic E-state index is 0.145. The van der Waals surface area contributed by atoms with Crippen LogP contribution in [-0.2, 0) is 0 Å². The van der Waals surface area contributed by atoms with Crippen molar-refractivity contribution in [2.45, 2.75) is 18.9 Å². The van der Waals surface area contributed by atoms with Gasteiger partial charge in [-0.3, -0.25) is 0 Å². The summed E-state index contributed by atoms with van der Waals surface area (Å²) in [5, 5.41) is 6.82. The highest BCUT2D eigenvalue weighted by molar-refractivity contribution is 6.30. The SMILES string of the molecule is C=C1NCCC[C@H]1Nc1cc(F)cc(Cl)c1. The fraction of sp³-hybridized carbons (Fsp3) is 0.333. The summed E-state index contributed by atoms with van der Waals surface area (Å²) in [7, 11) is 0. The zero-order valence-electron chi connectivity index (χ0n) is 8.89. The maximum absolute atomic E-state index is 13.1. The minimum Gasteiger partial charge on any atom is -0.387 e. The molecule has 16 heavy (non-hydrogen) atoms. The molecule has 1 saturated heterocycles. The number of hydrogen-bond acceptors (Lipinski definition) is 2. The van der Waals surface area contributed by atoms with Gasteiger partial charge in [-0.1, -0.05) is 18.2 Å². The molecule has 2 rings (SSSR count). The summed E-state index contributed by atoms with van der Waals surface area (Å²) < 4.78 is 13.1. The highest BCUT2D eigenvalue weighted by atomic mass is 35.5. The van der Waals surface area contributed by atoms with Gasteiger partial charge < -0.3 is 10.6 Å². The molecule has 0 unspecified atom stereocenters. The molecule has 1 fully saturated rings. The Morgan fingerprint density at radius 2 is 2.25 bits per heavy atom. The predicted molar refractivity (Wildman–Crippen MR) is 65.2 cm³/mol. The lowest BCUT2D eigenvalue weighted by atomic mass is 10.0. The van der Waals surface area contributed by atoms with Crippen LogP contribution in [0.2, 0.25) is 5.02 Å². The van der Waals surface area contributed by atoms with Gasteiger partial charge in [-0.15, -0.1) is 0 Å². The molecule has 0 amide bonds. The average Bonchev–Trinajstić information content (AvgIpc) is 2.20. The van der Waals surface area contributed by atoms with Gasteiger partial charge >= 0.3 is 0 Å². The van der Waals surface area contributed by atoms with E-state index in [4.69, 9.17) is 11.6 Å². The molecule has 1 atom stereocenters. The lowest BCUT2D eigenvalue weighted by molar-refractivity contribution is 0.548. The molecule has 1 aromatic carbocycles. The number of hydrogen-bond donors (Lipinski definition) is 2. The fourth-order valence-electron chi connectivity index (χ4n) is 1.85. The lowest BCUT2D eigenvalue weighted by Gasteiger charge is -2.27. The Balaban J connectivity index is 2.10. The van der Waals surface area contributed by atoms with E-state index in [2.05, 4.69) is 17.2 Å². The molecule has 0 saturated carbocycles. The second-order valence-corrected chi connectivity index (χ2v) is 4.39. The summed E-state index contributed by atoms with van der Waals surface area (Å²) >= 11 is 5.79. The maximum atomic E-state index is 13.1. The number of nitrogens with one attached hydrogen (secondary N) is 2. The Labute approximate surface area is 99.5 Å². The number of rotatable bonds is 2. The molecule has 1 aliphatic heterocycles. The summed E-state index contributed by atoms with van der Waals surface area (Å²) in [6, 6.07) is 4.59. The van der Waals surface area contributed by atoms with Crippen molar-refractivity contribution in [3.63, 3.8) is 0 Å². The molecule has 86 valence electrons. The summed E-state index contributed by atoms with van der Waals surface area (Å²) in [6.07, 6.45) is 2.08. The molecule has 0 aliphatic carbocycles. The van der Waals surface area contributed by atoms with Crippen molar-refractivity contribution in [3.8, 4) is 0 Å². The third kappa shape index (κ3) is 2.67. The number of anilines is 1. The second kappa shape index (κ2) is 4.74. The molecule has 0 aromatic heterocycles. The zero-order valence-corrected chi connectivity index (χ0v) is 9.65. The maximum Gasteiger partial charge on any atom is 0.126 e. The lowest BCUT2D eigenvalue weighted by Crippen LogP contribution is -2.35. The summed E-state index contributed by atoms with van der Waals surface area (Å²) in [5.41, 5.74) is 1.64. The average molecular weight is 241 g/mol. The van der Waals surface area contributed by atoms with Gasteiger partial charge in [-0.25, -0.2) is 4.39 Å². The minimum atomic E-state index is -0.329.